The van der Waals surface area contributed by atoms with E-state index in [9.17, 15) is 10.1 Å². The molecule has 0 spiro atoms. The van der Waals surface area contributed by atoms with E-state index in [0.717, 1.165) is 12.8 Å². The molecule has 0 aromatic carbocycles. The van der Waals surface area contributed by atoms with Gasteiger partial charge in [0.25, 0.3) is 0 Å². The zero-order valence-corrected chi connectivity index (χ0v) is 9.72. The van der Waals surface area contributed by atoms with Crippen molar-refractivity contribution in [1.29, 1.82) is 0 Å². The maximum atomic E-state index is 10.9. The predicted octanol–water partition coefficient (Wildman–Crippen LogP) is 1.53. The van der Waals surface area contributed by atoms with E-state index in [-0.39, 0.29) is 11.2 Å². The fraction of sp³-hybridized carbons (Fsp3) is 0.545. The second kappa shape index (κ2) is 4.29. The van der Waals surface area contributed by atoms with Crippen LogP contribution < -0.4 is 11.1 Å². The molecule has 92 valence electrons. The molecule has 1 atom stereocenters. The smallest absolute Gasteiger partial charge is 0.311 e. The molecule has 6 nitrogen and oxygen atoms in total. The maximum Gasteiger partial charge on any atom is 0.311 e. The van der Waals surface area contributed by atoms with Crippen molar-refractivity contribution in [1.82, 2.24) is 4.98 Å². The monoisotopic (exact) mass is 236 g/mol. The summed E-state index contributed by atoms with van der Waals surface area (Å²) < 4.78 is 0. The van der Waals surface area contributed by atoms with E-state index < -0.39 is 4.92 Å². The molecule has 1 saturated carbocycles. The summed E-state index contributed by atoms with van der Waals surface area (Å²) in [4.78, 5) is 14.5. The number of hydrogen-bond donors (Lipinski definition) is 2. The molecule has 1 aromatic heterocycles. The van der Waals surface area contributed by atoms with Crippen LogP contribution in [-0.2, 0) is 0 Å². The van der Waals surface area contributed by atoms with Crippen molar-refractivity contribution in [2.75, 3.05) is 11.9 Å². The number of nitrogens with one attached hydrogen (secondary N) is 1. The molecule has 1 fully saturated rings. The van der Waals surface area contributed by atoms with Gasteiger partial charge in [0.2, 0.25) is 5.82 Å². The van der Waals surface area contributed by atoms with Crippen LogP contribution >= 0.6 is 0 Å². The van der Waals surface area contributed by atoms with E-state index in [2.05, 4.69) is 10.3 Å². The van der Waals surface area contributed by atoms with Crippen LogP contribution in [0.15, 0.2) is 18.3 Å². The second-order valence-corrected chi connectivity index (χ2v) is 4.65. The summed E-state index contributed by atoms with van der Waals surface area (Å²) in [5.74, 6) is 0.784. The van der Waals surface area contributed by atoms with Gasteiger partial charge in [-0.2, -0.15) is 0 Å². The highest BCUT2D eigenvalue weighted by Crippen LogP contribution is 2.41. The molecule has 6 heteroatoms. The molecule has 17 heavy (non-hydrogen) atoms. The number of pyridine rings is 1. The standard InChI is InChI=1S/C11H16N4O2/c1-11(7-12,8-4-5-8)14-10-9(15(16)17)3-2-6-13-10/h2-3,6,8H,4-5,7,12H2,1H3,(H,13,14). The van der Waals surface area contributed by atoms with E-state index in [4.69, 9.17) is 5.73 Å². The fourth-order valence-electron chi connectivity index (χ4n) is 1.95. The van der Waals surface area contributed by atoms with Crippen LogP contribution in [0.3, 0.4) is 0 Å². The molecule has 0 radical (unpaired) electrons. The molecule has 0 saturated heterocycles. The molecule has 2 rings (SSSR count). The Kier molecular flexibility index (Phi) is 2.97. The Hall–Kier alpha value is -1.69. The van der Waals surface area contributed by atoms with Crippen molar-refractivity contribution in [3.63, 3.8) is 0 Å². The van der Waals surface area contributed by atoms with Gasteiger partial charge in [0, 0.05) is 18.8 Å². The topological polar surface area (TPSA) is 94.1 Å². The van der Waals surface area contributed by atoms with Crippen molar-refractivity contribution < 1.29 is 4.92 Å². The van der Waals surface area contributed by atoms with Gasteiger partial charge in [-0.3, -0.25) is 10.1 Å². The van der Waals surface area contributed by atoms with Crippen LogP contribution in [0.1, 0.15) is 19.8 Å². The Bertz CT molecular complexity index is 433. The van der Waals surface area contributed by atoms with E-state index in [1.54, 1.807) is 12.3 Å². The molecule has 0 bridgehead atoms. The molecule has 0 aliphatic heterocycles. The Morgan fingerprint density at radius 3 is 2.94 bits per heavy atom. The molecule has 1 heterocycles. The highest BCUT2D eigenvalue weighted by molar-refractivity contribution is 5.56. The highest BCUT2D eigenvalue weighted by Gasteiger charge is 2.41. The number of rotatable bonds is 5. The first-order valence-corrected chi connectivity index (χ1v) is 5.64. The molecule has 3 N–H and O–H groups in total. The minimum atomic E-state index is -0.431. The van der Waals surface area contributed by atoms with E-state index in [0.29, 0.717) is 18.3 Å². The van der Waals surface area contributed by atoms with E-state index >= 15 is 0 Å². The van der Waals surface area contributed by atoms with E-state index in [1.807, 2.05) is 6.92 Å². The van der Waals surface area contributed by atoms with Crippen LogP contribution in [0.5, 0.6) is 0 Å². The van der Waals surface area contributed by atoms with Gasteiger partial charge in [-0.25, -0.2) is 4.98 Å². The van der Waals surface area contributed by atoms with Gasteiger partial charge in [-0.1, -0.05) is 0 Å². The quantitative estimate of drug-likeness (QED) is 0.597. The average Bonchev–Trinajstić information content (AvgIpc) is 3.13. The Morgan fingerprint density at radius 1 is 1.71 bits per heavy atom. The van der Waals surface area contributed by atoms with E-state index in [1.165, 1.54) is 6.07 Å². The minimum Gasteiger partial charge on any atom is -0.358 e. The number of anilines is 1. The van der Waals surface area contributed by atoms with Crippen LogP contribution in [0.25, 0.3) is 0 Å². The SMILES string of the molecule is CC(CN)(Nc1ncccc1[N+](=O)[O-])C1CC1. The average molecular weight is 236 g/mol. The van der Waals surface area contributed by atoms with Crippen molar-refractivity contribution in [3.8, 4) is 0 Å². The van der Waals surface area contributed by atoms with Crippen LogP contribution in [0.2, 0.25) is 0 Å². The Labute approximate surface area is 99.4 Å². The number of nitro groups is 1. The lowest BCUT2D eigenvalue weighted by molar-refractivity contribution is -0.384. The van der Waals surface area contributed by atoms with Crippen molar-refractivity contribution in [2.45, 2.75) is 25.3 Å². The second-order valence-electron chi connectivity index (χ2n) is 4.65. The molecule has 0 amide bonds. The summed E-state index contributed by atoms with van der Waals surface area (Å²) >= 11 is 0. The van der Waals surface area contributed by atoms with Crippen LogP contribution in [-0.4, -0.2) is 22.0 Å². The molecule has 1 unspecified atom stereocenters. The van der Waals surface area contributed by atoms with Gasteiger partial charge in [0.05, 0.1) is 10.5 Å². The number of nitrogens with zero attached hydrogens (tertiary/aromatic N) is 2. The lowest BCUT2D eigenvalue weighted by Crippen LogP contribution is -2.45. The molecular formula is C11H16N4O2. The summed E-state index contributed by atoms with van der Waals surface area (Å²) in [7, 11) is 0. The third-order valence-corrected chi connectivity index (χ3v) is 3.29. The van der Waals surface area contributed by atoms with Gasteiger partial charge in [-0.15, -0.1) is 0 Å². The lowest BCUT2D eigenvalue weighted by Gasteiger charge is -2.29. The maximum absolute atomic E-state index is 10.9. The lowest BCUT2D eigenvalue weighted by atomic mass is 9.96. The zero-order chi connectivity index (χ0) is 12.5. The normalized spacial score (nSPS) is 18.5. The van der Waals surface area contributed by atoms with Gasteiger partial charge < -0.3 is 11.1 Å². The van der Waals surface area contributed by atoms with Crippen molar-refractivity contribution in [2.24, 2.45) is 11.7 Å². The van der Waals surface area contributed by atoms with Gasteiger partial charge in [0.1, 0.15) is 0 Å². The number of aromatic nitrogens is 1. The minimum absolute atomic E-state index is 0.00664. The third kappa shape index (κ3) is 2.36. The highest BCUT2D eigenvalue weighted by atomic mass is 16.6. The first-order valence-electron chi connectivity index (χ1n) is 5.64. The van der Waals surface area contributed by atoms with Crippen LogP contribution in [0.4, 0.5) is 11.5 Å². The Balaban J connectivity index is 2.25. The Morgan fingerprint density at radius 2 is 2.41 bits per heavy atom. The summed E-state index contributed by atoms with van der Waals surface area (Å²) in [6.07, 6.45) is 3.77. The molecule has 1 aromatic rings. The largest absolute Gasteiger partial charge is 0.358 e. The number of hydrogen-bond acceptors (Lipinski definition) is 5. The van der Waals surface area contributed by atoms with Gasteiger partial charge in [-0.05, 0) is 31.7 Å². The third-order valence-electron chi connectivity index (χ3n) is 3.29. The molecular weight excluding hydrogens is 220 g/mol. The first kappa shape index (κ1) is 11.8. The summed E-state index contributed by atoms with van der Waals surface area (Å²) in [6, 6.07) is 3.00. The summed E-state index contributed by atoms with van der Waals surface area (Å²) in [6.45, 7) is 2.43. The van der Waals surface area contributed by atoms with Gasteiger partial charge >= 0.3 is 5.69 Å². The van der Waals surface area contributed by atoms with Crippen molar-refractivity contribution in [3.05, 3.63) is 28.4 Å². The van der Waals surface area contributed by atoms with Gasteiger partial charge in [0.15, 0.2) is 0 Å². The fourth-order valence-corrected chi connectivity index (χ4v) is 1.95. The summed E-state index contributed by atoms with van der Waals surface area (Å²) in [5.41, 5.74) is 5.45. The van der Waals surface area contributed by atoms with Crippen molar-refractivity contribution >= 4 is 11.5 Å². The zero-order valence-electron chi connectivity index (χ0n) is 9.72. The number of nitrogens with two attached hydrogens (primary N) is 1. The molecule has 1 aliphatic carbocycles. The predicted molar refractivity (Wildman–Crippen MR) is 64.7 cm³/mol. The first-order chi connectivity index (χ1) is 8.07. The van der Waals surface area contributed by atoms with Crippen LogP contribution in [0, 0.1) is 16.0 Å². The molecule has 1 aliphatic rings. The summed E-state index contributed by atoms with van der Waals surface area (Å²) in [5, 5.41) is 14.0.